The smallest absolute Gasteiger partial charge is 0.129 e. The number of hydrogen-bond acceptors (Lipinski definition) is 1. The molecule has 0 unspecified atom stereocenters. The molecule has 3 aromatic rings. The average molecular weight is 380 g/mol. The molecule has 0 saturated carbocycles. The number of nitrogens with zero attached hydrogens (tertiary/aromatic N) is 2. The molecule has 0 fully saturated rings. The first kappa shape index (κ1) is 15.3. The molecule has 0 N–H and O–H groups in total. The van der Waals surface area contributed by atoms with Gasteiger partial charge in [0.15, 0.2) is 0 Å². The van der Waals surface area contributed by atoms with Crippen molar-refractivity contribution in [3.63, 3.8) is 0 Å². The maximum atomic E-state index is 6.29. The first-order valence-corrected chi connectivity index (χ1v) is 7.93. The van der Waals surface area contributed by atoms with Gasteiger partial charge in [0, 0.05) is 5.02 Å². The zero-order valence-corrected chi connectivity index (χ0v) is 14.2. The van der Waals surface area contributed by atoms with Gasteiger partial charge in [0.05, 0.1) is 37.7 Å². The van der Waals surface area contributed by atoms with Gasteiger partial charge in [-0.05, 0) is 30.3 Å². The number of hydrogen-bond donors (Lipinski definition) is 0. The molecular formula is C14H7Cl5N2. The molecule has 0 bridgehead atoms. The van der Waals surface area contributed by atoms with Gasteiger partial charge in [0.25, 0.3) is 0 Å². The Hall–Kier alpha value is -0.640. The van der Waals surface area contributed by atoms with Crippen LogP contribution in [0.4, 0.5) is 0 Å². The molecule has 108 valence electrons. The monoisotopic (exact) mass is 378 g/mol. The maximum Gasteiger partial charge on any atom is 0.129 e. The topological polar surface area (TPSA) is 17.8 Å². The van der Waals surface area contributed by atoms with Gasteiger partial charge in [-0.15, -0.1) is 11.6 Å². The minimum Gasteiger partial charge on any atom is -0.294 e. The Morgan fingerprint density at radius 3 is 2.33 bits per heavy atom. The van der Waals surface area contributed by atoms with Crippen LogP contribution in [0.2, 0.25) is 20.1 Å². The largest absolute Gasteiger partial charge is 0.294 e. The van der Waals surface area contributed by atoms with Gasteiger partial charge >= 0.3 is 0 Å². The van der Waals surface area contributed by atoms with E-state index in [-0.39, 0.29) is 5.88 Å². The van der Waals surface area contributed by atoms with Gasteiger partial charge in [0.2, 0.25) is 0 Å². The van der Waals surface area contributed by atoms with Gasteiger partial charge in [0.1, 0.15) is 5.82 Å². The highest BCUT2D eigenvalue weighted by atomic mass is 35.5. The lowest BCUT2D eigenvalue weighted by Gasteiger charge is -2.11. The standard InChI is InChI=1S/C14H7Cl5N2/c15-6-14-20-11-3-7(16)1-2-12(11)21(14)13-5-9(18)8(17)4-10(13)19/h1-5H,6H2. The van der Waals surface area contributed by atoms with Gasteiger partial charge < -0.3 is 0 Å². The second-order valence-electron chi connectivity index (χ2n) is 4.35. The molecule has 0 atom stereocenters. The van der Waals surface area contributed by atoms with Crippen LogP contribution >= 0.6 is 58.0 Å². The molecule has 1 heterocycles. The zero-order chi connectivity index (χ0) is 15.1. The summed E-state index contributed by atoms with van der Waals surface area (Å²) in [5.74, 6) is 0.873. The number of fused-ring (bicyclic) bond motifs is 1. The van der Waals surface area contributed by atoms with Crippen LogP contribution in [0.25, 0.3) is 16.7 Å². The minimum atomic E-state index is 0.225. The second kappa shape index (κ2) is 5.86. The van der Waals surface area contributed by atoms with Crippen molar-refractivity contribution in [3.05, 3.63) is 56.2 Å². The fraction of sp³-hybridized carbons (Fsp3) is 0.0714. The summed E-state index contributed by atoms with van der Waals surface area (Å²) in [5.41, 5.74) is 2.25. The predicted octanol–water partition coefficient (Wildman–Crippen LogP) is 6.38. The van der Waals surface area contributed by atoms with Crippen molar-refractivity contribution in [1.29, 1.82) is 0 Å². The summed E-state index contributed by atoms with van der Waals surface area (Å²) in [6.07, 6.45) is 0. The summed E-state index contributed by atoms with van der Waals surface area (Å²) >= 11 is 30.4. The average Bonchev–Trinajstić information content (AvgIpc) is 2.80. The van der Waals surface area contributed by atoms with Gasteiger partial charge in [-0.3, -0.25) is 4.57 Å². The van der Waals surface area contributed by atoms with E-state index in [1.165, 1.54) is 0 Å². The fourth-order valence-corrected chi connectivity index (χ4v) is 3.12. The number of rotatable bonds is 2. The highest BCUT2D eigenvalue weighted by Crippen LogP contribution is 2.34. The van der Waals surface area contributed by atoms with Crippen molar-refractivity contribution in [2.75, 3.05) is 0 Å². The van der Waals surface area contributed by atoms with Gasteiger partial charge in [-0.1, -0.05) is 46.4 Å². The van der Waals surface area contributed by atoms with Crippen LogP contribution < -0.4 is 0 Å². The Bertz CT molecular complexity index is 841. The van der Waals surface area contributed by atoms with Crippen LogP contribution in [-0.4, -0.2) is 9.55 Å². The van der Waals surface area contributed by atoms with Crippen LogP contribution in [0.3, 0.4) is 0 Å². The van der Waals surface area contributed by atoms with E-state index in [0.29, 0.717) is 31.6 Å². The highest BCUT2D eigenvalue weighted by molar-refractivity contribution is 6.43. The molecule has 7 heteroatoms. The Labute approximate surface area is 146 Å². The molecule has 0 radical (unpaired) electrons. The van der Waals surface area contributed by atoms with Crippen molar-refractivity contribution in [2.45, 2.75) is 5.88 Å². The Balaban J connectivity index is 2.36. The molecule has 0 aliphatic rings. The van der Waals surface area contributed by atoms with E-state index < -0.39 is 0 Å². The lowest BCUT2D eigenvalue weighted by Crippen LogP contribution is -2.00. The zero-order valence-electron chi connectivity index (χ0n) is 10.4. The van der Waals surface area contributed by atoms with E-state index >= 15 is 0 Å². The van der Waals surface area contributed by atoms with E-state index in [1.54, 1.807) is 24.3 Å². The number of aromatic nitrogens is 2. The lowest BCUT2D eigenvalue weighted by molar-refractivity contribution is 0.982. The molecule has 1 aromatic heterocycles. The van der Waals surface area contributed by atoms with E-state index in [9.17, 15) is 0 Å². The molecule has 0 aliphatic carbocycles. The molecule has 0 spiro atoms. The normalized spacial score (nSPS) is 11.3. The summed E-state index contributed by atoms with van der Waals surface area (Å²) < 4.78 is 1.85. The van der Waals surface area contributed by atoms with Crippen LogP contribution in [0.5, 0.6) is 0 Å². The summed E-state index contributed by atoms with van der Waals surface area (Å²) in [6.45, 7) is 0. The van der Waals surface area contributed by atoms with Crippen molar-refractivity contribution in [3.8, 4) is 5.69 Å². The molecule has 0 saturated heterocycles. The molecular weight excluding hydrogens is 373 g/mol. The van der Waals surface area contributed by atoms with Crippen LogP contribution in [0, 0.1) is 0 Å². The van der Waals surface area contributed by atoms with Crippen LogP contribution in [0.1, 0.15) is 5.82 Å². The quantitative estimate of drug-likeness (QED) is 0.373. The predicted molar refractivity (Wildman–Crippen MR) is 90.7 cm³/mol. The summed E-state index contributed by atoms with van der Waals surface area (Å²) in [4.78, 5) is 4.47. The van der Waals surface area contributed by atoms with Gasteiger partial charge in [-0.2, -0.15) is 0 Å². The lowest BCUT2D eigenvalue weighted by atomic mass is 10.2. The third-order valence-electron chi connectivity index (χ3n) is 3.04. The van der Waals surface area contributed by atoms with Crippen LogP contribution in [-0.2, 0) is 5.88 Å². The first-order chi connectivity index (χ1) is 10.0. The first-order valence-electron chi connectivity index (χ1n) is 5.89. The molecule has 0 aliphatic heterocycles. The van der Waals surface area contributed by atoms with E-state index in [2.05, 4.69) is 4.98 Å². The fourth-order valence-electron chi connectivity index (χ4n) is 2.15. The minimum absolute atomic E-state index is 0.225. The third-order valence-corrected chi connectivity index (χ3v) is 4.54. The van der Waals surface area contributed by atoms with E-state index in [4.69, 9.17) is 58.0 Å². The number of benzene rings is 2. The van der Waals surface area contributed by atoms with Crippen molar-refractivity contribution >= 4 is 69.0 Å². The molecule has 3 rings (SSSR count). The summed E-state index contributed by atoms with van der Waals surface area (Å²) in [5, 5.41) is 1.87. The Kier molecular flexibility index (Phi) is 4.26. The SMILES string of the molecule is ClCc1nc2cc(Cl)ccc2n1-c1cc(Cl)c(Cl)cc1Cl. The van der Waals surface area contributed by atoms with Crippen LogP contribution in [0.15, 0.2) is 30.3 Å². The summed E-state index contributed by atoms with van der Waals surface area (Å²) in [7, 11) is 0. The number of imidazole rings is 1. The number of alkyl halides is 1. The molecule has 2 nitrogen and oxygen atoms in total. The highest BCUT2D eigenvalue weighted by Gasteiger charge is 2.16. The van der Waals surface area contributed by atoms with Crippen molar-refractivity contribution in [2.24, 2.45) is 0 Å². The second-order valence-corrected chi connectivity index (χ2v) is 6.27. The summed E-state index contributed by atoms with van der Waals surface area (Å²) in [6, 6.07) is 8.71. The third kappa shape index (κ3) is 2.71. The molecule has 21 heavy (non-hydrogen) atoms. The van der Waals surface area contributed by atoms with Crippen molar-refractivity contribution < 1.29 is 0 Å². The van der Waals surface area contributed by atoms with Crippen molar-refractivity contribution in [1.82, 2.24) is 9.55 Å². The molecule has 2 aromatic carbocycles. The Morgan fingerprint density at radius 1 is 0.905 bits per heavy atom. The van der Waals surface area contributed by atoms with E-state index in [1.807, 2.05) is 10.6 Å². The van der Waals surface area contributed by atoms with Gasteiger partial charge in [-0.25, -0.2) is 4.98 Å². The molecule has 0 amide bonds. The van der Waals surface area contributed by atoms with E-state index in [0.717, 1.165) is 11.0 Å². The Morgan fingerprint density at radius 2 is 1.62 bits per heavy atom. The maximum absolute atomic E-state index is 6.29. The number of halogens is 5.